The van der Waals surface area contributed by atoms with Crippen molar-refractivity contribution in [3.63, 3.8) is 0 Å². The first-order chi connectivity index (χ1) is 12.8. The maximum atomic E-state index is 5.51. The molecule has 128 valence electrons. The van der Waals surface area contributed by atoms with Crippen LogP contribution in [0.5, 0.6) is 5.75 Å². The molecule has 0 bridgehead atoms. The van der Waals surface area contributed by atoms with Gasteiger partial charge in [-0.15, -0.1) is 0 Å². The zero-order chi connectivity index (χ0) is 17.9. The van der Waals surface area contributed by atoms with Crippen LogP contribution < -0.4 is 4.74 Å². The molecule has 0 aliphatic heterocycles. The molecule has 0 unspecified atom stereocenters. The average molecular weight is 361 g/mol. The minimum Gasteiger partial charge on any atom is -0.496 e. The van der Waals surface area contributed by atoms with Crippen LogP contribution in [0.2, 0.25) is 0 Å². The number of rotatable bonds is 4. The molecule has 0 saturated carbocycles. The standard InChI is InChI=1S/C19H15N5OS/c1-25-17-7-6-13-4-2-3-5-15(13)16(17)12-21-24-18(22-23-19(24)26)14-8-10-20-11-9-14/h2-12H,1H3,(H,23,26)/b21-12-. The average Bonchev–Trinajstić information content (AvgIpc) is 3.07. The highest BCUT2D eigenvalue weighted by Crippen LogP contribution is 2.26. The molecule has 0 aliphatic rings. The summed E-state index contributed by atoms with van der Waals surface area (Å²) in [6.07, 6.45) is 5.15. The molecular weight excluding hydrogens is 346 g/mol. The number of hydrogen-bond donors (Lipinski definition) is 1. The second-order valence-electron chi connectivity index (χ2n) is 5.55. The van der Waals surface area contributed by atoms with E-state index >= 15 is 0 Å². The summed E-state index contributed by atoms with van der Waals surface area (Å²) in [6, 6.07) is 15.8. The van der Waals surface area contributed by atoms with Gasteiger partial charge in [0.25, 0.3) is 0 Å². The van der Waals surface area contributed by atoms with Gasteiger partial charge in [0.2, 0.25) is 4.77 Å². The number of H-pyrrole nitrogens is 1. The molecule has 0 spiro atoms. The Morgan fingerprint density at radius 2 is 1.92 bits per heavy atom. The van der Waals surface area contributed by atoms with Gasteiger partial charge in [0.05, 0.1) is 13.3 Å². The van der Waals surface area contributed by atoms with E-state index in [1.807, 2.05) is 42.5 Å². The smallest absolute Gasteiger partial charge is 0.216 e. The number of methoxy groups -OCH3 is 1. The monoisotopic (exact) mass is 361 g/mol. The minimum atomic E-state index is 0.410. The van der Waals surface area contributed by atoms with Gasteiger partial charge in [-0.2, -0.15) is 14.9 Å². The molecular formula is C19H15N5OS. The van der Waals surface area contributed by atoms with Crippen LogP contribution in [0.15, 0.2) is 66.0 Å². The first-order valence-corrected chi connectivity index (χ1v) is 8.36. The van der Waals surface area contributed by atoms with Crippen LogP contribution in [0.25, 0.3) is 22.2 Å². The summed E-state index contributed by atoms with van der Waals surface area (Å²) in [5, 5.41) is 13.8. The molecule has 0 radical (unpaired) electrons. The van der Waals surface area contributed by atoms with Gasteiger partial charge < -0.3 is 4.74 Å². The number of pyridine rings is 1. The lowest BCUT2D eigenvalue weighted by Gasteiger charge is -2.08. The SMILES string of the molecule is COc1ccc2ccccc2c1/C=N\n1c(-c2ccncc2)n[nH]c1=S. The Hall–Kier alpha value is -3.32. The summed E-state index contributed by atoms with van der Waals surface area (Å²) in [5.74, 6) is 1.36. The predicted octanol–water partition coefficient (Wildman–Crippen LogP) is 4.05. The van der Waals surface area contributed by atoms with Crippen LogP contribution in [0.3, 0.4) is 0 Å². The van der Waals surface area contributed by atoms with Gasteiger partial charge in [0, 0.05) is 23.5 Å². The number of aromatic amines is 1. The van der Waals surface area contributed by atoms with Gasteiger partial charge >= 0.3 is 0 Å². The Kier molecular flexibility index (Phi) is 4.28. The molecule has 2 heterocycles. The van der Waals surface area contributed by atoms with E-state index in [0.29, 0.717) is 10.6 Å². The predicted molar refractivity (Wildman–Crippen MR) is 104 cm³/mol. The lowest BCUT2D eigenvalue weighted by Crippen LogP contribution is -1.97. The third kappa shape index (κ3) is 2.89. The zero-order valence-electron chi connectivity index (χ0n) is 14.0. The van der Waals surface area contributed by atoms with Crippen LogP contribution in [0.1, 0.15) is 5.56 Å². The molecule has 4 rings (SSSR count). The second kappa shape index (κ2) is 6.89. The number of nitrogens with one attached hydrogen (secondary N) is 1. The first-order valence-electron chi connectivity index (χ1n) is 7.96. The Labute approximate surface area is 154 Å². The highest BCUT2D eigenvalue weighted by atomic mass is 32.1. The van der Waals surface area contributed by atoms with E-state index in [0.717, 1.165) is 27.6 Å². The Bertz CT molecular complexity index is 1150. The number of hydrogen-bond acceptors (Lipinski definition) is 5. The second-order valence-corrected chi connectivity index (χ2v) is 5.93. The molecule has 26 heavy (non-hydrogen) atoms. The maximum absolute atomic E-state index is 5.51. The summed E-state index contributed by atoms with van der Waals surface area (Å²) < 4.78 is 7.51. The van der Waals surface area contributed by atoms with Gasteiger partial charge in [0.1, 0.15) is 5.75 Å². The van der Waals surface area contributed by atoms with E-state index < -0.39 is 0 Å². The van der Waals surface area contributed by atoms with Gasteiger partial charge in [-0.25, -0.2) is 5.10 Å². The van der Waals surface area contributed by atoms with Gasteiger partial charge in [-0.05, 0) is 41.2 Å². The summed E-state index contributed by atoms with van der Waals surface area (Å²) >= 11 is 5.33. The largest absolute Gasteiger partial charge is 0.496 e. The summed E-state index contributed by atoms with van der Waals surface area (Å²) in [6.45, 7) is 0. The van der Waals surface area contributed by atoms with Crippen molar-refractivity contribution in [2.45, 2.75) is 0 Å². The highest BCUT2D eigenvalue weighted by molar-refractivity contribution is 7.71. The van der Waals surface area contributed by atoms with E-state index in [1.54, 1.807) is 30.4 Å². The van der Waals surface area contributed by atoms with Crippen molar-refractivity contribution in [1.29, 1.82) is 0 Å². The molecule has 0 saturated heterocycles. The maximum Gasteiger partial charge on any atom is 0.216 e. The van der Waals surface area contributed by atoms with Gasteiger partial charge in [-0.3, -0.25) is 4.98 Å². The molecule has 0 amide bonds. The molecule has 0 fully saturated rings. The first kappa shape index (κ1) is 16.2. The van der Waals surface area contributed by atoms with Gasteiger partial charge in [-0.1, -0.05) is 30.3 Å². The summed E-state index contributed by atoms with van der Waals surface area (Å²) in [4.78, 5) is 4.03. The van der Waals surface area contributed by atoms with Crippen molar-refractivity contribution in [3.05, 3.63) is 71.3 Å². The molecule has 2 aromatic carbocycles. The Balaban J connectivity index is 1.85. The van der Waals surface area contributed by atoms with Crippen molar-refractivity contribution in [3.8, 4) is 17.1 Å². The van der Waals surface area contributed by atoms with E-state index in [1.165, 1.54) is 0 Å². The van der Waals surface area contributed by atoms with Crippen molar-refractivity contribution in [1.82, 2.24) is 19.9 Å². The third-order valence-electron chi connectivity index (χ3n) is 4.04. The topological polar surface area (TPSA) is 68.1 Å². The van der Waals surface area contributed by atoms with E-state index in [4.69, 9.17) is 17.0 Å². The van der Waals surface area contributed by atoms with Crippen molar-refractivity contribution >= 4 is 29.2 Å². The fourth-order valence-corrected chi connectivity index (χ4v) is 2.97. The van der Waals surface area contributed by atoms with E-state index in [9.17, 15) is 0 Å². The Morgan fingerprint density at radius 3 is 2.73 bits per heavy atom. The van der Waals surface area contributed by atoms with Crippen LogP contribution in [-0.4, -0.2) is 33.2 Å². The number of benzene rings is 2. The van der Waals surface area contributed by atoms with Crippen molar-refractivity contribution in [2.24, 2.45) is 5.10 Å². The minimum absolute atomic E-state index is 0.410. The fraction of sp³-hybridized carbons (Fsp3) is 0.0526. The lowest BCUT2D eigenvalue weighted by atomic mass is 10.0. The molecule has 2 aromatic heterocycles. The molecule has 7 heteroatoms. The number of aromatic nitrogens is 4. The third-order valence-corrected chi connectivity index (χ3v) is 4.31. The van der Waals surface area contributed by atoms with Crippen molar-refractivity contribution in [2.75, 3.05) is 7.11 Å². The van der Waals surface area contributed by atoms with E-state index in [-0.39, 0.29) is 0 Å². The molecule has 0 aliphatic carbocycles. The van der Waals surface area contributed by atoms with Crippen LogP contribution in [0.4, 0.5) is 0 Å². The molecule has 6 nitrogen and oxygen atoms in total. The van der Waals surface area contributed by atoms with Crippen LogP contribution in [-0.2, 0) is 0 Å². The Morgan fingerprint density at radius 1 is 1.12 bits per heavy atom. The highest BCUT2D eigenvalue weighted by Gasteiger charge is 2.09. The van der Waals surface area contributed by atoms with Crippen LogP contribution in [0, 0.1) is 4.77 Å². The normalized spacial score (nSPS) is 11.3. The quantitative estimate of drug-likeness (QED) is 0.440. The summed E-state index contributed by atoms with van der Waals surface area (Å²) in [7, 11) is 1.65. The van der Waals surface area contributed by atoms with Gasteiger partial charge in [0.15, 0.2) is 5.82 Å². The number of ether oxygens (including phenoxy) is 1. The molecule has 4 aromatic rings. The number of fused-ring (bicyclic) bond motifs is 1. The lowest BCUT2D eigenvalue weighted by molar-refractivity contribution is 0.415. The molecule has 1 N–H and O–H groups in total. The van der Waals surface area contributed by atoms with Crippen molar-refractivity contribution < 1.29 is 4.74 Å². The van der Waals surface area contributed by atoms with Crippen LogP contribution >= 0.6 is 12.2 Å². The number of nitrogens with zero attached hydrogens (tertiary/aromatic N) is 4. The molecule has 0 atom stereocenters. The van der Waals surface area contributed by atoms with E-state index in [2.05, 4.69) is 26.3 Å². The fourth-order valence-electron chi connectivity index (χ4n) is 2.79. The summed E-state index contributed by atoms with van der Waals surface area (Å²) in [5.41, 5.74) is 1.75. The zero-order valence-corrected chi connectivity index (χ0v) is 14.8.